The molecule has 0 unspecified atom stereocenters. The molecule has 0 spiro atoms. The van der Waals surface area contributed by atoms with E-state index in [0.717, 1.165) is 28.0 Å². The number of hydrogen-bond donors (Lipinski definition) is 2. The second-order valence-corrected chi connectivity index (χ2v) is 6.79. The number of rotatable bonds is 5. The van der Waals surface area contributed by atoms with E-state index in [4.69, 9.17) is 4.74 Å². The lowest BCUT2D eigenvalue weighted by atomic mass is 10.2. The van der Waals surface area contributed by atoms with E-state index in [-0.39, 0.29) is 12.5 Å². The number of aromatic amines is 1. The number of amides is 1. The maximum absolute atomic E-state index is 12.1. The van der Waals surface area contributed by atoms with Gasteiger partial charge >= 0.3 is 0 Å². The molecule has 0 fully saturated rings. The van der Waals surface area contributed by atoms with Crippen LogP contribution in [0.3, 0.4) is 0 Å². The minimum absolute atomic E-state index is 0.0322. The molecule has 5 heteroatoms. The van der Waals surface area contributed by atoms with Crippen molar-refractivity contribution in [1.29, 1.82) is 0 Å². The Hall–Kier alpha value is -3.60. The molecule has 0 aliphatic carbocycles. The summed E-state index contributed by atoms with van der Waals surface area (Å²) in [7, 11) is 0. The Balaban J connectivity index is 1.41. The van der Waals surface area contributed by atoms with E-state index < -0.39 is 0 Å². The van der Waals surface area contributed by atoms with Gasteiger partial charge in [-0.2, -0.15) is 0 Å². The van der Waals surface area contributed by atoms with Crippen LogP contribution in [0.5, 0.6) is 5.75 Å². The summed E-state index contributed by atoms with van der Waals surface area (Å²) in [5.74, 6) is 1.32. The summed E-state index contributed by atoms with van der Waals surface area (Å²) in [5.41, 5.74) is 5.82. The minimum Gasteiger partial charge on any atom is -0.483 e. The predicted molar refractivity (Wildman–Crippen MR) is 112 cm³/mol. The second-order valence-electron chi connectivity index (χ2n) is 6.79. The van der Waals surface area contributed by atoms with Gasteiger partial charge in [-0.3, -0.25) is 4.79 Å². The normalized spacial score (nSPS) is 10.8. The van der Waals surface area contributed by atoms with Gasteiger partial charge in [0.15, 0.2) is 6.61 Å². The second kappa shape index (κ2) is 7.56. The Bertz CT molecular complexity index is 1130. The minimum atomic E-state index is -0.199. The van der Waals surface area contributed by atoms with Crippen molar-refractivity contribution in [3.63, 3.8) is 0 Å². The molecule has 0 saturated carbocycles. The largest absolute Gasteiger partial charge is 0.483 e. The highest BCUT2D eigenvalue weighted by Gasteiger charge is 2.08. The number of anilines is 1. The third-order valence-electron chi connectivity index (χ3n) is 4.53. The Morgan fingerprint density at radius 2 is 1.82 bits per heavy atom. The van der Waals surface area contributed by atoms with Crippen molar-refractivity contribution in [2.45, 2.75) is 13.8 Å². The first-order valence-electron chi connectivity index (χ1n) is 9.13. The van der Waals surface area contributed by atoms with Gasteiger partial charge in [-0.25, -0.2) is 4.98 Å². The number of nitrogens with one attached hydrogen (secondary N) is 2. The van der Waals surface area contributed by atoms with E-state index in [1.807, 2.05) is 67.6 Å². The van der Waals surface area contributed by atoms with Crippen molar-refractivity contribution < 1.29 is 9.53 Å². The van der Waals surface area contributed by atoms with Crippen molar-refractivity contribution >= 4 is 22.6 Å². The first-order valence-corrected chi connectivity index (χ1v) is 9.13. The third kappa shape index (κ3) is 3.88. The number of imidazole rings is 1. The van der Waals surface area contributed by atoms with Crippen LogP contribution in [0.4, 0.5) is 5.69 Å². The van der Waals surface area contributed by atoms with Crippen molar-refractivity contribution in [3.8, 4) is 17.1 Å². The molecule has 0 aliphatic heterocycles. The number of nitrogens with zero attached hydrogens (tertiary/aromatic N) is 1. The Kier molecular flexibility index (Phi) is 4.81. The fourth-order valence-corrected chi connectivity index (χ4v) is 3.03. The van der Waals surface area contributed by atoms with Gasteiger partial charge in [-0.05, 0) is 67.4 Å². The quantitative estimate of drug-likeness (QED) is 0.526. The van der Waals surface area contributed by atoms with Crippen LogP contribution in [0.15, 0.2) is 66.7 Å². The molecule has 28 heavy (non-hydrogen) atoms. The lowest BCUT2D eigenvalue weighted by molar-refractivity contribution is -0.118. The molecule has 0 aliphatic rings. The van der Waals surface area contributed by atoms with E-state index in [1.54, 1.807) is 0 Å². The summed E-state index contributed by atoms with van der Waals surface area (Å²) in [6, 6.07) is 21.3. The molecule has 1 amide bonds. The molecule has 1 aromatic heterocycles. The van der Waals surface area contributed by atoms with Crippen LogP contribution < -0.4 is 10.1 Å². The van der Waals surface area contributed by atoms with Crippen LogP contribution in [-0.2, 0) is 4.79 Å². The lowest BCUT2D eigenvalue weighted by Crippen LogP contribution is -2.20. The standard InChI is InChI=1S/C23H21N3O2/c1-15-7-12-19-20(13-15)26-23(25-19)17-8-10-18(11-9-17)24-22(27)14-28-21-6-4-3-5-16(21)2/h3-13H,14H2,1-2H3,(H,24,27)(H,25,26). The van der Waals surface area contributed by atoms with E-state index in [1.165, 1.54) is 5.56 Å². The molecule has 0 saturated heterocycles. The summed E-state index contributed by atoms with van der Waals surface area (Å²) in [6.45, 7) is 3.97. The molecule has 4 aromatic rings. The molecule has 3 aromatic carbocycles. The Morgan fingerprint density at radius 1 is 1.04 bits per heavy atom. The van der Waals surface area contributed by atoms with Gasteiger partial charge in [0.05, 0.1) is 11.0 Å². The topological polar surface area (TPSA) is 67.0 Å². The summed E-state index contributed by atoms with van der Waals surface area (Å²) in [5, 5.41) is 2.85. The van der Waals surface area contributed by atoms with Gasteiger partial charge < -0.3 is 15.0 Å². The average Bonchev–Trinajstić information content (AvgIpc) is 3.11. The number of fused-ring (bicyclic) bond motifs is 1. The molecule has 0 bridgehead atoms. The average molecular weight is 371 g/mol. The molecule has 0 atom stereocenters. The molecule has 2 N–H and O–H groups in total. The molecule has 0 radical (unpaired) electrons. The van der Waals surface area contributed by atoms with Crippen LogP contribution in [0.1, 0.15) is 11.1 Å². The number of para-hydroxylation sites is 1. The molecular weight excluding hydrogens is 350 g/mol. The Morgan fingerprint density at radius 3 is 2.61 bits per heavy atom. The van der Waals surface area contributed by atoms with Crippen LogP contribution >= 0.6 is 0 Å². The fraction of sp³-hybridized carbons (Fsp3) is 0.130. The SMILES string of the molecule is Cc1ccc2nc(-c3ccc(NC(=O)COc4ccccc4C)cc3)[nH]c2c1. The lowest BCUT2D eigenvalue weighted by Gasteiger charge is -2.09. The van der Waals surface area contributed by atoms with E-state index in [0.29, 0.717) is 11.4 Å². The van der Waals surface area contributed by atoms with E-state index >= 15 is 0 Å². The smallest absolute Gasteiger partial charge is 0.262 e. The van der Waals surface area contributed by atoms with E-state index in [2.05, 4.69) is 28.3 Å². The van der Waals surface area contributed by atoms with Crippen molar-refractivity contribution in [2.75, 3.05) is 11.9 Å². The molecule has 5 nitrogen and oxygen atoms in total. The maximum atomic E-state index is 12.1. The number of H-pyrrole nitrogens is 1. The number of aryl methyl sites for hydroxylation is 2. The summed E-state index contributed by atoms with van der Waals surface area (Å²) < 4.78 is 5.58. The van der Waals surface area contributed by atoms with Gasteiger partial charge in [-0.15, -0.1) is 0 Å². The third-order valence-corrected chi connectivity index (χ3v) is 4.53. The number of carbonyl (C=O) groups is 1. The zero-order chi connectivity index (χ0) is 19.5. The van der Waals surface area contributed by atoms with Crippen LogP contribution in [0.2, 0.25) is 0 Å². The van der Waals surface area contributed by atoms with Crippen molar-refractivity contribution in [3.05, 3.63) is 77.9 Å². The number of benzene rings is 3. The van der Waals surface area contributed by atoms with Crippen molar-refractivity contribution in [1.82, 2.24) is 9.97 Å². The maximum Gasteiger partial charge on any atom is 0.262 e. The number of hydrogen-bond acceptors (Lipinski definition) is 3. The van der Waals surface area contributed by atoms with Gasteiger partial charge in [-0.1, -0.05) is 24.3 Å². The molecule has 140 valence electrons. The molecule has 4 rings (SSSR count). The fourth-order valence-electron chi connectivity index (χ4n) is 3.03. The van der Waals surface area contributed by atoms with Gasteiger partial charge in [0.1, 0.15) is 11.6 Å². The molecule has 1 heterocycles. The predicted octanol–water partition coefficient (Wildman–Crippen LogP) is 4.86. The number of aromatic nitrogens is 2. The number of carbonyl (C=O) groups excluding carboxylic acids is 1. The van der Waals surface area contributed by atoms with Gasteiger partial charge in [0.2, 0.25) is 0 Å². The highest BCUT2D eigenvalue weighted by atomic mass is 16.5. The van der Waals surface area contributed by atoms with Gasteiger partial charge in [0, 0.05) is 11.3 Å². The highest BCUT2D eigenvalue weighted by molar-refractivity contribution is 5.92. The van der Waals surface area contributed by atoms with E-state index in [9.17, 15) is 4.79 Å². The zero-order valence-electron chi connectivity index (χ0n) is 15.8. The summed E-state index contributed by atoms with van der Waals surface area (Å²) >= 11 is 0. The number of ether oxygens (including phenoxy) is 1. The summed E-state index contributed by atoms with van der Waals surface area (Å²) in [6.07, 6.45) is 0. The van der Waals surface area contributed by atoms with Crippen LogP contribution in [0, 0.1) is 13.8 Å². The van der Waals surface area contributed by atoms with Gasteiger partial charge in [0.25, 0.3) is 5.91 Å². The van der Waals surface area contributed by atoms with Crippen LogP contribution in [-0.4, -0.2) is 22.5 Å². The highest BCUT2D eigenvalue weighted by Crippen LogP contribution is 2.23. The first-order chi connectivity index (χ1) is 13.6. The Labute approximate surface area is 163 Å². The summed E-state index contributed by atoms with van der Waals surface area (Å²) in [4.78, 5) is 20.1. The van der Waals surface area contributed by atoms with Crippen molar-refractivity contribution in [2.24, 2.45) is 0 Å². The molecular formula is C23H21N3O2. The first kappa shape index (κ1) is 17.8. The van der Waals surface area contributed by atoms with Crippen LogP contribution in [0.25, 0.3) is 22.4 Å². The monoisotopic (exact) mass is 371 g/mol. The zero-order valence-corrected chi connectivity index (χ0v) is 15.8.